The lowest BCUT2D eigenvalue weighted by Crippen LogP contribution is -2.15. The minimum Gasteiger partial charge on any atom is -0.493 e. The molecule has 0 saturated heterocycles. The first-order chi connectivity index (χ1) is 10.3. The SMILES string of the molecule is COc1cc(CNC2CC2)ccc1OCCc1cccs1. The fraction of sp³-hybridized carbons (Fsp3) is 0.412. The Hall–Kier alpha value is -1.52. The Labute approximate surface area is 129 Å². The van der Waals surface area contributed by atoms with E-state index in [1.54, 1.807) is 18.4 Å². The average molecular weight is 303 g/mol. The van der Waals surface area contributed by atoms with Crippen molar-refractivity contribution in [3.8, 4) is 11.5 Å². The summed E-state index contributed by atoms with van der Waals surface area (Å²) >= 11 is 1.77. The van der Waals surface area contributed by atoms with Crippen LogP contribution in [0.3, 0.4) is 0 Å². The molecule has 1 N–H and O–H groups in total. The van der Waals surface area contributed by atoms with Crippen LogP contribution in [-0.2, 0) is 13.0 Å². The second-order valence-electron chi connectivity index (χ2n) is 5.32. The zero-order chi connectivity index (χ0) is 14.5. The van der Waals surface area contributed by atoms with Crippen LogP contribution in [0, 0.1) is 0 Å². The van der Waals surface area contributed by atoms with Crippen molar-refractivity contribution in [3.05, 3.63) is 46.2 Å². The molecule has 0 atom stereocenters. The number of ether oxygens (including phenoxy) is 2. The quantitative estimate of drug-likeness (QED) is 0.808. The van der Waals surface area contributed by atoms with Gasteiger partial charge < -0.3 is 14.8 Å². The number of methoxy groups -OCH3 is 1. The molecule has 21 heavy (non-hydrogen) atoms. The van der Waals surface area contributed by atoms with E-state index in [4.69, 9.17) is 9.47 Å². The van der Waals surface area contributed by atoms with Crippen LogP contribution in [0.15, 0.2) is 35.7 Å². The summed E-state index contributed by atoms with van der Waals surface area (Å²) in [5, 5.41) is 5.61. The summed E-state index contributed by atoms with van der Waals surface area (Å²) in [5.41, 5.74) is 1.24. The van der Waals surface area contributed by atoms with Gasteiger partial charge in [0.15, 0.2) is 11.5 Å². The lowest BCUT2D eigenvalue weighted by molar-refractivity contribution is 0.298. The molecule has 1 aliphatic rings. The monoisotopic (exact) mass is 303 g/mol. The molecule has 3 nitrogen and oxygen atoms in total. The molecule has 0 radical (unpaired) electrons. The van der Waals surface area contributed by atoms with Gasteiger partial charge in [-0.3, -0.25) is 0 Å². The van der Waals surface area contributed by atoms with Gasteiger partial charge in [-0.1, -0.05) is 12.1 Å². The second-order valence-corrected chi connectivity index (χ2v) is 6.35. The van der Waals surface area contributed by atoms with Crippen LogP contribution in [0.4, 0.5) is 0 Å². The average Bonchev–Trinajstić information content (AvgIpc) is 3.20. The first kappa shape index (κ1) is 14.4. The van der Waals surface area contributed by atoms with E-state index in [0.29, 0.717) is 6.61 Å². The third kappa shape index (κ3) is 4.22. The van der Waals surface area contributed by atoms with Crippen molar-refractivity contribution in [2.24, 2.45) is 0 Å². The van der Waals surface area contributed by atoms with Gasteiger partial charge in [0.2, 0.25) is 0 Å². The van der Waals surface area contributed by atoms with Gasteiger partial charge in [-0.15, -0.1) is 11.3 Å². The summed E-state index contributed by atoms with van der Waals surface area (Å²) in [6, 6.07) is 11.1. The number of nitrogens with one attached hydrogen (secondary N) is 1. The van der Waals surface area contributed by atoms with E-state index in [0.717, 1.165) is 30.5 Å². The van der Waals surface area contributed by atoms with E-state index in [9.17, 15) is 0 Å². The van der Waals surface area contributed by atoms with Gasteiger partial charge in [-0.25, -0.2) is 0 Å². The largest absolute Gasteiger partial charge is 0.493 e. The third-order valence-electron chi connectivity index (χ3n) is 3.59. The molecule has 0 aliphatic heterocycles. The van der Waals surface area contributed by atoms with Crippen molar-refractivity contribution in [1.82, 2.24) is 5.32 Å². The normalized spacial score (nSPS) is 14.1. The van der Waals surface area contributed by atoms with E-state index in [1.807, 2.05) is 6.07 Å². The molecule has 2 aromatic rings. The molecule has 112 valence electrons. The van der Waals surface area contributed by atoms with E-state index in [2.05, 4.69) is 35.0 Å². The van der Waals surface area contributed by atoms with Crippen LogP contribution in [0.2, 0.25) is 0 Å². The van der Waals surface area contributed by atoms with Crippen molar-refractivity contribution >= 4 is 11.3 Å². The van der Waals surface area contributed by atoms with Gasteiger partial charge >= 0.3 is 0 Å². The Morgan fingerprint density at radius 1 is 1.24 bits per heavy atom. The van der Waals surface area contributed by atoms with E-state index >= 15 is 0 Å². The van der Waals surface area contributed by atoms with E-state index < -0.39 is 0 Å². The fourth-order valence-electron chi connectivity index (χ4n) is 2.21. The summed E-state index contributed by atoms with van der Waals surface area (Å²) in [4.78, 5) is 1.35. The summed E-state index contributed by atoms with van der Waals surface area (Å²) in [6.45, 7) is 1.58. The zero-order valence-electron chi connectivity index (χ0n) is 12.3. The molecule has 0 bridgehead atoms. The lowest BCUT2D eigenvalue weighted by atomic mass is 10.2. The lowest BCUT2D eigenvalue weighted by Gasteiger charge is -2.12. The molecule has 1 aromatic heterocycles. The van der Waals surface area contributed by atoms with Crippen LogP contribution in [0.25, 0.3) is 0 Å². The Balaban J connectivity index is 1.55. The predicted octanol–water partition coefficient (Wildman–Crippen LogP) is 3.63. The van der Waals surface area contributed by atoms with Crippen molar-refractivity contribution in [2.75, 3.05) is 13.7 Å². The Morgan fingerprint density at radius 2 is 2.14 bits per heavy atom. The Kier molecular flexibility index (Phi) is 4.78. The number of benzene rings is 1. The molecule has 1 heterocycles. The van der Waals surface area contributed by atoms with Crippen molar-refractivity contribution in [3.63, 3.8) is 0 Å². The van der Waals surface area contributed by atoms with E-state index in [1.165, 1.54) is 23.3 Å². The summed E-state index contributed by atoms with van der Waals surface area (Å²) < 4.78 is 11.3. The highest BCUT2D eigenvalue weighted by molar-refractivity contribution is 7.09. The fourth-order valence-corrected chi connectivity index (χ4v) is 2.90. The van der Waals surface area contributed by atoms with Gasteiger partial charge in [-0.2, -0.15) is 0 Å². The van der Waals surface area contributed by atoms with Crippen LogP contribution in [0.5, 0.6) is 11.5 Å². The van der Waals surface area contributed by atoms with Crippen molar-refractivity contribution in [1.29, 1.82) is 0 Å². The maximum Gasteiger partial charge on any atom is 0.161 e. The molecule has 0 amide bonds. The standard InChI is InChI=1S/C17H21NO2S/c1-19-17-11-13(12-18-14-5-6-14)4-7-16(17)20-9-8-15-3-2-10-21-15/h2-4,7,10-11,14,18H,5-6,8-9,12H2,1H3. The Morgan fingerprint density at radius 3 is 2.86 bits per heavy atom. The van der Waals surface area contributed by atoms with Gasteiger partial charge in [0, 0.05) is 23.9 Å². The van der Waals surface area contributed by atoms with Crippen LogP contribution in [-0.4, -0.2) is 19.8 Å². The van der Waals surface area contributed by atoms with Gasteiger partial charge in [-0.05, 0) is 42.0 Å². The Bertz CT molecular complexity index is 564. The molecule has 0 unspecified atom stereocenters. The number of rotatable bonds is 8. The minimum atomic E-state index is 0.677. The molecule has 0 spiro atoms. The van der Waals surface area contributed by atoms with Crippen LogP contribution in [0.1, 0.15) is 23.3 Å². The van der Waals surface area contributed by atoms with Crippen LogP contribution >= 0.6 is 11.3 Å². The first-order valence-corrected chi connectivity index (χ1v) is 8.28. The number of hydrogen-bond donors (Lipinski definition) is 1. The summed E-state index contributed by atoms with van der Waals surface area (Å²) in [5.74, 6) is 1.64. The molecule has 1 aliphatic carbocycles. The maximum absolute atomic E-state index is 5.86. The zero-order valence-corrected chi connectivity index (χ0v) is 13.1. The highest BCUT2D eigenvalue weighted by atomic mass is 32.1. The summed E-state index contributed by atoms with van der Waals surface area (Å²) in [7, 11) is 1.69. The van der Waals surface area contributed by atoms with Crippen molar-refractivity contribution < 1.29 is 9.47 Å². The van der Waals surface area contributed by atoms with E-state index in [-0.39, 0.29) is 0 Å². The highest BCUT2D eigenvalue weighted by Crippen LogP contribution is 2.29. The van der Waals surface area contributed by atoms with Gasteiger partial charge in [0.05, 0.1) is 13.7 Å². The molecule has 3 rings (SSSR count). The van der Waals surface area contributed by atoms with Crippen LogP contribution < -0.4 is 14.8 Å². The molecule has 1 fully saturated rings. The molecule has 4 heteroatoms. The number of thiophene rings is 1. The second kappa shape index (κ2) is 6.96. The maximum atomic E-state index is 5.86. The number of hydrogen-bond acceptors (Lipinski definition) is 4. The molecule has 1 saturated carbocycles. The third-order valence-corrected chi connectivity index (χ3v) is 4.52. The first-order valence-electron chi connectivity index (χ1n) is 7.40. The van der Waals surface area contributed by atoms with Gasteiger partial charge in [0.1, 0.15) is 0 Å². The summed E-state index contributed by atoms with van der Waals surface area (Å²) in [6.07, 6.45) is 3.55. The minimum absolute atomic E-state index is 0.677. The molecule has 1 aromatic carbocycles. The molecular weight excluding hydrogens is 282 g/mol. The van der Waals surface area contributed by atoms with Crippen molar-refractivity contribution in [2.45, 2.75) is 31.8 Å². The smallest absolute Gasteiger partial charge is 0.161 e. The topological polar surface area (TPSA) is 30.5 Å². The highest BCUT2D eigenvalue weighted by Gasteiger charge is 2.20. The predicted molar refractivity (Wildman–Crippen MR) is 86.4 cm³/mol. The van der Waals surface area contributed by atoms with Gasteiger partial charge in [0.25, 0.3) is 0 Å². The molecular formula is C17H21NO2S.